The first-order valence-corrected chi connectivity index (χ1v) is 9.94. The van der Waals surface area contributed by atoms with Gasteiger partial charge in [0, 0.05) is 6.61 Å². The van der Waals surface area contributed by atoms with Gasteiger partial charge in [0.05, 0.1) is 21.9 Å². The fourth-order valence-corrected chi connectivity index (χ4v) is 4.36. The minimum absolute atomic E-state index is 0.108. The van der Waals surface area contributed by atoms with E-state index in [2.05, 4.69) is 29.4 Å². The molecular weight excluding hydrogens is 360 g/mol. The van der Waals surface area contributed by atoms with Crippen LogP contribution in [0, 0.1) is 13.8 Å². The Kier molecular flexibility index (Phi) is 5.09. The summed E-state index contributed by atoms with van der Waals surface area (Å²) in [6.45, 7) is 5.34. The number of ether oxygens (including phenoxy) is 2. The summed E-state index contributed by atoms with van der Waals surface area (Å²) in [5.41, 5.74) is 3.74. The molecule has 1 unspecified atom stereocenters. The van der Waals surface area contributed by atoms with Crippen LogP contribution in [0.1, 0.15) is 34.3 Å². The van der Waals surface area contributed by atoms with Crippen LogP contribution in [0.15, 0.2) is 36.4 Å². The normalized spacial score (nSPS) is 16.6. The number of carbonyl (C=O) groups excluding carboxylic acids is 1. The van der Waals surface area contributed by atoms with Crippen LogP contribution in [0.4, 0.5) is 5.13 Å². The van der Waals surface area contributed by atoms with Crippen molar-refractivity contribution in [1.29, 1.82) is 0 Å². The number of carbonyl (C=O) groups is 1. The number of fused-ring (bicyclic) bond motifs is 1. The first-order chi connectivity index (χ1) is 13.1. The zero-order chi connectivity index (χ0) is 18.8. The second-order valence-corrected chi connectivity index (χ2v) is 7.87. The lowest BCUT2D eigenvalue weighted by Crippen LogP contribution is -2.19. The van der Waals surface area contributed by atoms with Gasteiger partial charge in [-0.3, -0.25) is 10.1 Å². The van der Waals surface area contributed by atoms with Crippen molar-refractivity contribution in [2.75, 3.05) is 18.5 Å². The van der Waals surface area contributed by atoms with Crippen molar-refractivity contribution in [2.45, 2.75) is 32.8 Å². The minimum atomic E-state index is -0.216. The smallest absolute Gasteiger partial charge is 0.261 e. The molecule has 140 valence electrons. The van der Waals surface area contributed by atoms with Gasteiger partial charge < -0.3 is 9.47 Å². The van der Waals surface area contributed by atoms with E-state index in [9.17, 15) is 4.79 Å². The second kappa shape index (κ2) is 7.66. The summed E-state index contributed by atoms with van der Waals surface area (Å²) in [5.74, 6) is 0.352. The van der Waals surface area contributed by atoms with Crippen LogP contribution in [0.25, 0.3) is 10.2 Å². The molecule has 1 atom stereocenters. The molecule has 1 aliphatic rings. The highest BCUT2D eigenvalue weighted by Crippen LogP contribution is 2.30. The number of nitrogens with zero attached hydrogens (tertiary/aromatic N) is 1. The molecule has 0 radical (unpaired) electrons. The number of hydrogen-bond donors (Lipinski definition) is 1. The fraction of sp³-hybridized carbons (Fsp3) is 0.333. The molecule has 1 aliphatic heterocycles. The van der Waals surface area contributed by atoms with E-state index in [1.165, 1.54) is 16.9 Å². The summed E-state index contributed by atoms with van der Waals surface area (Å²) < 4.78 is 12.5. The molecule has 1 amide bonds. The number of rotatable bonds is 5. The predicted molar refractivity (Wildman–Crippen MR) is 108 cm³/mol. The van der Waals surface area contributed by atoms with Crippen LogP contribution in [0.3, 0.4) is 0 Å². The molecule has 6 heteroatoms. The number of para-hydroxylation sites is 1. The van der Waals surface area contributed by atoms with E-state index in [4.69, 9.17) is 9.47 Å². The molecule has 1 saturated heterocycles. The first kappa shape index (κ1) is 17.9. The third kappa shape index (κ3) is 3.96. The van der Waals surface area contributed by atoms with E-state index in [-0.39, 0.29) is 12.0 Å². The van der Waals surface area contributed by atoms with E-state index in [1.807, 2.05) is 25.1 Å². The quantitative estimate of drug-likeness (QED) is 0.693. The Bertz CT molecular complexity index is 977. The highest BCUT2D eigenvalue weighted by Gasteiger charge is 2.19. The van der Waals surface area contributed by atoms with Gasteiger partial charge in [-0.2, -0.15) is 0 Å². The van der Waals surface area contributed by atoms with E-state index in [1.54, 1.807) is 6.07 Å². The first-order valence-electron chi connectivity index (χ1n) is 9.13. The molecule has 1 fully saturated rings. The Morgan fingerprint density at radius 3 is 3.00 bits per heavy atom. The lowest BCUT2D eigenvalue weighted by atomic mass is 10.1. The van der Waals surface area contributed by atoms with Gasteiger partial charge in [-0.05, 0) is 56.0 Å². The maximum Gasteiger partial charge on any atom is 0.261 e. The second-order valence-electron chi connectivity index (χ2n) is 6.84. The summed E-state index contributed by atoms with van der Waals surface area (Å²) in [7, 11) is 0. The average Bonchev–Trinajstić information content (AvgIpc) is 3.29. The highest BCUT2D eigenvalue weighted by molar-refractivity contribution is 7.22. The fourth-order valence-electron chi connectivity index (χ4n) is 3.33. The van der Waals surface area contributed by atoms with Gasteiger partial charge in [0.15, 0.2) is 5.13 Å². The Morgan fingerprint density at radius 1 is 1.33 bits per heavy atom. The zero-order valence-corrected chi connectivity index (χ0v) is 16.3. The third-order valence-corrected chi connectivity index (χ3v) is 5.55. The molecule has 2 heterocycles. The van der Waals surface area contributed by atoms with Gasteiger partial charge >= 0.3 is 0 Å². The lowest BCUT2D eigenvalue weighted by Gasteiger charge is -2.14. The molecule has 27 heavy (non-hydrogen) atoms. The SMILES string of the molecule is Cc1cc(C)c2nc(NC(=O)c3ccccc3OCC3CCCO3)sc2c1. The Hall–Kier alpha value is -2.44. The molecule has 1 N–H and O–H groups in total. The number of thiazole rings is 1. The Labute approximate surface area is 162 Å². The standard InChI is InChI=1S/C21H22N2O3S/c1-13-10-14(2)19-18(11-13)27-21(22-19)23-20(24)16-7-3-4-8-17(16)26-12-15-6-5-9-25-15/h3-4,7-8,10-11,15H,5-6,9,12H2,1-2H3,(H,22,23,24). The van der Waals surface area contributed by atoms with Gasteiger partial charge in [0.1, 0.15) is 12.4 Å². The van der Waals surface area contributed by atoms with Crippen LogP contribution in [-0.2, 0) is 4.74 Å². The van der Waals surface area contributed by atoms with Crippen molar-refractivity contribution in [3.05, 3.63) is 53.1 Å². The highest BCUT2D eigenvalue weighted by atomic mass is 32.1. The van der Waals surface area contributed by atoms with Crippen LogP contribution in [-0.4, -0.2) is 30.2 Å². The van der Waals surface area contributed by atoms with Gasteiger partial charge in [-0.1, -0.05) is 29.5 Å². The molecule has 0 bridgehead atoms. The van der Waals surface area contributed by atoms with Gasteiger partial charge in [-0.25, -0.2) is 4.98 Å². The number of anilines is 1. The van der Waals surface area contributed by atoms with E-state index >= 15 is 0 Å². The zero-order valence-electron chi connectivity index (χ0n) is 15.5. The summed E-state index contributed by atoms with van der Waals surface area (Å²) in [6.07, 6.45) is 2.17. The summed E-state index contributed by atoms with van der Waals surface area (Å²) in [4.78, 5) is 17.4. The molecular formula is C21H22N2O3S. The Morgan fingerprint density at radius 2 is 2.19 bits per heavy atom. The number of nitrogens with one attached hydrogen (secondary N) is 1. The lowest BCUT2D eigenvalue weighted by molar-refractivity contribution is 0.0673. The predicted octanol–water partition coefficient (Wildman–Crippen LogP) is 4.72. The maximum atomic E-state index is 12.8. The summed E-state index contributed by atoms with van der Waals surface area (Å²) in [6, 6.07) is 11.5. The van der Waals surface area contributed by atoms with Crippen molar-refractivity contribution >= 4 is 32.6 Å². The number of aryl methyl sites for hydroxylation is 2. The van der Waals surface area contributed by atoms with Crippen LogP contribution in [0.2, 0.25) is 0 Å². The van der Waals surface area contributed by atoms with Crippen LogP contribution < -0.4 is 10.1 Å². The third-order valence-electron chi connectivity index (χ3n) is 4.63. The molecule has 0 spiro atoms. The number of benzene rings is 2. The van der Waals surface area contributed by atoms with Crippen molar-refractivity contribution in [3.63, 3.8) is 0 Å². The monoisotopic (exact) mass is 382 g/mol. The number of amides is 1. The number of hydrogen-bond acceptors (Lipinski definition) is 5. The Balaban J connectivity index is 1.52. The van der Waals surface area contributed by atoms with Crippen molar-refractivity contribution in [1.82, 2.24) is 4.98 Å². The van der Waals surface area contributed by atoms with Gasteiger partial charge in [0.2, 0.25) is 0 Å². The summed E-state index contributed by atoms with van der Waals surface area (Å²) >= 11 is 1.48. The van der Waals surface area contributed by atoms with E-state index in [0.29, 0.717) is 23.1 Å². The number of aromatic nitrogens is 1. The molecule has 2 aromatic carbocycles. The molecule has 4 rings (SSSR count). The van der Waals surface area contributed by atoms with Gasteiger partial charge in [0.25, 0.3) is 5.91 Å². The van der Waals surface area contributed by atoms with Crippen molar-refractivity contribution < 1.29 is 14.3 Å². The molecule has 0 aliphatic carbocycles. The molecule has 3 aromatic rings. The molecule has 5 nitrogen and oxygen atoms in total. The average molecular weight is 382 g/mol. The molecule has 0 saturated carbocycles. The van der Waals surface area contributed by atoms with Gasteiger partial charge in [-0.15, -0.1) is 0 Å². The van der Waals surface area contributed by atoms with Crippen LogP contribution in [0.5, 0.6) is 5.75 Å². The van der Waals surface area contributed by atoms with E-state index in [0.717, 1.165) is 35.2 Å². The van der Waals surface area contributed by atoms with Crippen molar-refractivity contribution in [3.8, 4) is 5.75 Å². The largest absolute Gasteiger partial charge is 0.490 e. The minimum Gasteiger partial charge on any atom is -0.490 e. The summed E-state index contributed by atoms with van der Waals surface area (Å²) in [5, 5.41) is 3.51. The maximum absolute atomic E-state index is 12.8. The van der Waals surface area contributed by atoms with E-state index < -0.39 is 0 Å². The van der Waals surface area contributed by atoms with Crippen molar-refractivity contribution in [2.24, 2.45) is 0 Å². The van der Waals surface area contributed by atoms with Crippen LogP contribution >= 0.6 is 11.3 Å². The molecule has 1 aromatic heterocycles. The topological polar surface area (TPSA) is 60.5 Å².